The second-order valence-electron chi connectivity index (χ2n) is 6.21. The number of hydrogen-bond acceptors (Lipinski definition) is 10. The lowest BCUT2D eigenvalue weighted by molar-refractivity contribution is 0.0268. The minimum atomic E-state index is -0.656. The number of rotatable bonds is 13. The van der Waals surface area contributed by atoms with Gasteiger partial charge < -0.3 is 38.6 Å². The molecule has 0 saturated heterocycles. The molecular weight excluding hydrogens is 424 g/mol. The molecule has 174 valence electrons. The highest BCUT2D eigenvalue weighted by atomic mass is 16.6. The first kappa shape index (κ1) is 24.8. The van der Waals surface area contributed by atoms with E-state index in [4.69, 9.17) is 18.9 Å². The molecule has 0 saturated carbocycles. The topological polar surface area (TPSA) is 130 Å². The van der Waals surface area contributed by atoms with Gasteiger partial charge in [-0.3, -0.25) is 0 Å². The fourth-order valence-corrected chi connectivity index (χ4v) is 2.57. The van der Waals surface area contributed by atoms with Crippen molar-refractivity contribution in [3.63, 3.8) is 0 Å². The van der Waals surface area contributed by atoms with E-state index >= 15 is 0 Å². The third-order valence-electron chi connectivity index (χ3n) is 4.15. The summed E-state index contributed by atoms with van der Waals surface area (Å²) in [5, 5.41) is 20.1. The SMILES string of the molecule is COC(=O)c1cccc(OCCOCCOCCOc2cccc(C(=O)OC)c2O)c1O. The van der Waals surface area contributed by atoms with Crippen LogP contribution in [0.2, 0.25) is 0 Å². The molecule has 0 amide bonds. The summed E-state index contributed by atoms with van der Waals surface area (Å²) in [7, 11) is 2.45. The van der Waals surface area contributed by atoms with Gasteiger partial charge >= 0.3 is 11.9 Å². The number of carbonyl (C=O) groups excluding carboxylic acids is 2. The molecule has 10 nitrogen and oxygen atoms in total. The van der Waals surface area contributed by atoms with Gasteiger partial charge in [-0.25, -0.2) is 9.59 Å². The lowest BCUT2D eigenvalue weighted by atomic mass is 10.2. The van der Waals surface area contributed by atoms with E-state index in [2.05, 4.69) is 9.47 Å². The number of aromatic hydroxyl groups is 2. The van der Waals surface area contributed by atoms with Crippen LogP contribution in [0.5, 0.6) is 23.0 Å². The smallest absolute Gasteiger partial charge is 0.341 e. The lowest BCUT2D eigenvalue weighted by Gasteiger charge is -2.11. The van der Waals surface area contributed by atoms with Crippen molar-refractivity contribution in [1.82, 2.24) is 0 Å². The van der Waals surface area contributed by atoms with Crippen LogP contribution in [0, 0.1) is 0 Å². The van der Waals surface area contributed by atoms with Crippen molar-refractivity contribution in [3.05, 3.63) is 47.5 Å². The third-order valence-corrected chi connectivity index (χ3v) is 4.15. The van der Waals surface area contributed by atoms with Gasteiger partial charge in [0, 0.05) is 0 Å². The first-order valence-electron chi connectivity index (χ1n) is 9.71. The van der Waals surface area contributed by atoms with Gasteiger partial charge in [0.15, 0.2) is 23.0 Å². The summed E-state index contributed by atoms with van der Waals surface area (Å²) in [4.78, 5) is 23.1. The van der Waals surface area contributed by atoms with Crippen LogP contribution in [-0.4, -0.2) is 76.0 Å². The summed E-state index contributed by atoms with van der Waals surface area (Å²) in [6, 6.07) is 9.08. The van der Waals surface area contributed by atoms with E-state index in [0.717, 1.165) is 0 Å². The normalized spacial score (nSPS) is 10.4. The lowest BCUT2D eigenvalue weighted by Crippen LogP contribution is -2.14. The number of carbonyl (C=O) groups is 2. The molecule has 0 aliphatic rings. The fraction of sp³-hybridized carbons (Fsp3) is 0.364. The third kappa shape index (κ3) is 7.03. The first-order valence-corrected chi connectivity index (χ1v) is 9.71. The summed E-state index contributed by atoms with van der Waals surface area (Å²) in [6.07, 6.45) is 0. The second kappa shape index (κ2) is 13.0. The molecule has 0 aromatic heterocycles. The number of ether oxygens (including phenoxy) is 6. The maximum Gasteiger partial charge on any atom is 0.341 e. The van der Waals surface area contributed by atoms with Crippen LogP contribution in [0.15, 0.2) is 36.4 Å². The van der Waals surface area contributed by atoms with E-state index in [9.17, 15) is 19.8 Å². The molecule has 32 heavy (non-hydrogen) atoms. The second-order valence-corrected chi connectivity index (χ2v) is 6.21. The minimum absolute atomic E-state index is 0.0203. The summed E-state index contributed by atoms with van der Waals surface area (Å²) in [6.45, 7) is 1.43. The van der Waals surface area contributed by atoms with Crippen LogP contribution in [0.25, 0.3) is 0 Å². The Morgan fingerprint density at radius 2 is 1.03 bits per heavy atom. The molecule has 10 heteroatoms. The van der Waals surface area contributed by atoms with Gasteiger partial charge in [0.25, 0.3) is 0 Å². The van der Waals surface area contributed by atoms with Crippen molar-refractivity contribution < 1.29 is 48.2 Å². The Morgan fingerprint density at radius 3 is 1.41 bits per heavy atom. The molecule has 0 fully saturated rings. The summed E-state index contributed by atoms with van der Waals surface area (Å²) in [5.74, 6) is -1.57. The van der Waals surface area contributed by atoms with Gasteiger partial charge in [0.1, 0.15) is 24.3 Å². The molecule has 0 aliphatic carbocycles. The highest BCUT2D eigenvalue weighted by molar-refractivity contribution is 5.93. The maximum absolute atomic E-state index is 11.5. The summed E-state index contributed by atoms with van der Waals surface area (Å²) < 4.78 is 30.8. The van der Waals surface area contributed by atoms with Gasteiger partial charge in [-0.1, -0.05) is 12.1 Å². The van der Waals surface area contributed by atoms with Crippen LogP contribution in [0.3, 0.4) is 0 Å². The number of para-hydroxylation sites is 2. The fourth-order valence-electron chi connectivity index (χ4n) is 2.57. The molecule has 0 radical (unpaired) electrons. The van der Waals surface area contributed by atoms with Gasteiger partial charge in [0.2, 0.25) is 0 Å². The predicted octanol–water partition coefficient (Wildman–Crippen LogP) is 2.16. The van der Waals surface area contributed by atoms with Crippen molar-refractivity contribution in [2.75, 3.05) is 53.9 Å². The van der Waals surface area contributed by atoms with Crippen molar-refractivity contribution >= 4 is 11.9 Å². The Labute approximate surface area is 185 Å². The standard InChI is InChI=1S/C22H26O10/c1-27-21(25)15-5-3-7-17(19(15)23)31-13-11-29-9-10-30-12-14-32-18-8-4-6-16(20(18)24)22(26)28-2/h3-8,23-24H,9-14H2,1-2H3. The summed E-state index contributed by atoms with van der Waals surface area (Å²) >= 11 is 0. The van der Waals surface area contributed by atoms with Crippen LogP contribution in [-0.2, 0) is 18.9 Å². The Bertz CT molecular complexity index is 823. The van der Waals surface area contributed by atoms with E-state index in [-0.39, 0.29) is 60.6 Å². The number of phenols is 2. The van der Waals surface area contributed by atoms with E-state index in [0.29, 0.717) is 13.2 Å². The number of hydrogen-bond donors (Lipinski definition) is 2. The highest BCUT2D eigenvalue weighted by Crippen LogP contribution is 2.31. The number of methoxy groups -OCH3 is 2. The molecule has 0 spiro atoms. The van der Waals surface area contributed by atoms with Gasteiger partial charge in [-0.15, -0.1) is 0 Å². The predicted molar refractivity (Wildman–Crippen MR) is 112 cm³/mol. The first-order chi connectivity index (χ1) is 15.5. The molecular formula is C22H26O10. The van der Waals surface area contributed by atoms with Gasteiger partial charge in [0.05, 0.1) is 40.6 Å². The molecule has 2 aromatic carbocycles. The zero-order valence-corrected chi connectivity index (χ0v) is 17.9. The zero-order chi connectivity index (χ0) is 23.3. The number of benzene rings is 2. The quantitative estimate of drug-likeness (QED) is 0.346. The van der Waals surface area contributed by atoms with Gasteiger partial charge in [-0.05, 0) is 24.3 Å². The van der Waals surface area contributed by atoms with Crippen LogP contribution >= 0.6 is 0 Å². The monoisotopic (exact) mass is 450 g/mol. The maximum atomic E-state index is 11.5. The van der Waals surface area contributed by atoms with Crippen molar-refractivity contribution in [2.24, 2.45) is 0 Å². The van der Waals surface area contributed by atoms with Crippen molar-refractivity contribution in [2.45, 2.75) is 0 Å². The molecule has 2 aromatic rings. The van der Waals surface area contributed by atoms with Gasteiger partial charge in [-0.2, -0.15) is 0 Å². The van der Waals surface area contributed by atoms with Crippen LogP contribution in [0.4, 0.5) is 0 Å². The molecule has 0 bridgehead atoms. The Kier molecular flexibility index (Phi) is 10.1. The average molecular weight is 450 g/mol. The van der Waals surface area contributed by atoms with E-state index in [1.165, 1.54) is 38.5 Å². The zero-order valence-electron chi connectivity index (χ0n) is 17.9. The molecule has 0 aliphatic heterocycles. The Hall–Kier alpha value is -3.50. The van der Waals surface area contributed by atoms with E-state index in [1.807, 2.05) is 0 Å². The average Bonchev–Trinajstić information content (AvgIpc) is 2.81. The Balaban J connectivity index is 1.58. The van der Waals surface area contributed by atoms with Crippen molar-refractivity contribution in [3.8, 4) is 23.0 Å². The molecule has 0 atom stereocenters. The molecule has 2 rings (SSSR count). The number of phenolic OH excluding ortho intramolecular Hbond substituents is 2. The van der Waals surface area contributed by atoms with E-state index < -0.39 is 11.9 Å². The van der Waals surface area contributed by atoms with E-state index in [1.54, 1.807) is 12.1 Å². The Morgan fingerprint density at radius 1 is 0.656 bits per heavy atom. The summed E-state index contributed by atoms with van der Waals surface area (Å²) in [5.41, 5.74) is 0.0405. The minimum Gasteiger partial charge on any atom is -0.504 e. The van der Waals surface area contributed by atoms with Crippen LogP contribution in [0.1, 0.15) is 20.7 Å². The van der Waals surface area contributed by atoms with Crippen LogP contribution < -0.4 is 9.47 Å². The molecule has 2 N–H and O–H groups in total. The van der Waals surface area contributed by atoms with Crippen molar-refractivity contribution in [1.29, 1.82) is 0 Å². The molecule has 0 heterocycles. The largest absolute Gasteiger partial charge is 0.504 e. The molecule has 0 unspecified atom stereocenters. The highest BCUT2D eigenvalue weighted by Gasteiger charge is 2.16. The number of esters is 2.